The molecular formula is C8H23N7P3S2+3. The molecular weight excluding hydrogens is 351 g/mol. The average Bonchev–Trinajstić information content (AvgIpc) is 3.00. The van der Waals surface area contributed by atoms with E-state index in [-0.39, 0.29) is 0 Å². The maximum Gasteiger partial charge on any atom is 0.386 e. The van der Waals surface area contributed by atoms with Crippen LogP contribution in [0.3, 0.4) is 0 Å². The van der Waals surface area contributed by atoms with Gasteiger partial charge in [-0.15, -0.1) is 15.3 Å². The highest BCUT2D eigenvalue weighted by molar-refractivity contribution is 8.69. The first kappa shape index (κ1) is 16.2. The van der Waals surface area contributed by atoms with Crippen molar-refractivity contribution in [1.82, 2.24) is 34.9 Å². The Kier molecular flexibility index (Phi) is 5.19. The third-order valence-corrected chi connectivity index (χ3v) is 20.6. The molecule has 2 spiro atoms. The molecule has 20 heavy (non-hydrogen) atoms. The van der Waals surface area contributed by atoms with Crippen molar-refractivity contribution in [2.75, 3.05) is 25.4 Å². The smallest absolute Gasteiger partial charge is 0.221 e. The quantitative estimate of drug-likeness (QED) is 0.375. The van der Waals surface area contributed by atoms with E-state index in [1.54, 1.807) is 0 Å². The molecule has 114 valence electrons. The minimum atomic E-state index is -1.79. The van der Waals surface area contributed by atoms with Gasteiger partial charge in [0, 0.05) is 45.8 Å². The van der Waals surface area contributed by atoms with Crippen molar-refractivity contribution in [2.45, 2.75) is 13.8 Å². The van der Waals surface area contributed by atoms with Crippen LogP contribution in [0.5, 0.6) is 0 Å². The number of nitrogens with one attached hydrogen (secondary N) is 7. The van der Waals surface area contributed by atoms with Crippen LogP contribution in [-0.4, -0.2) is 25.4 Å². The van der Waals surface area contributed by atoms with Crippen LogP contribution in [0.4, 0.5) is 0 Å². The third-order valence-electron chi connectivity index (χ3n) is 2.92. The van der Waals surface area contributed by atoms with Gasteiger partial charge in [-0.05, 0) is 13.8 Å². The fourth-order valence-electron chi connectivity index (χ4n) is 2.31. The van der Waals surface area contributed by atoms with Gasteiger partial charge in [0.25, 0.3) is 0 Å². The van der Waals surface area contributed by atoms with Crippen LogP contribution in [0.25, 0.3) is 0 Å². The predicted octanol–water partition coefficient (Wildman–Crippen LogP) is 2.16. The summed E-state index contributed by atoms with van der Waals surface area (Å²) in [5.41, 5.74) is 0. The van der Waals surface area contributed by atoms with Gasteiger partial charge in [-0.1, -0.05) is 0 Å². The topological polar surface area (TPSA) is 84.2 Å². The van der Waals surface area contributed by atoms with Crippen LogP contribution in [0.15, 0.2) is 11.6 Å². The van der Waals surface area contributed by atoms with E-state index in [1.165, 1.54) is 0 Å². The first-order valence-corrected chi connectivity index (χ1v) is 15.2. The number of rotatable bonds is 4. The molecule has 2 saturated heterocycles. The molecule has 3 aliphatic rings. The Morgan fingerprint density at radius 2 is 1.85 bits per heavy atom. The van der Waals surface area contributed by atoms with Crippen LogP contribution in [-0.2, 0) is 0 Å². The third kappa shape index (κ3) is 3.15. The Morgan fingerprint density at radius 3 is 2.40 bits per heavy atom. The van der Waals surface area contributed by atoms with Gasteiger partial charge in [0.15, 0.2) is 0 Å². The second kappa shape index (κ2) is 6.42. The summed E-state index contributed by atoms with van der Waals surface area (Å²) in [7, 11) is -1.79. The van der Waals surface area contributed by atoms with E-state index in [4.69, 9.17) is 0 Å². The van der Waals surface area contributed by atoms with Gasteiger partial charge in [-0.2, -0.15) is 0 Å². The maximum absolute atomic E-state index is 3.87. The molecule has 3 heterocycles. The monoisotopic (exact) mass is 374 g/mol. The van der Waals surface area contributed by atoms with Gasteiger partial charge in [0.2, 0.25) is 0 Å². The standard InChI is InChI=1S/C8H23N7P3S2/c1-3-9-16(10-4-2)13-17(11-5-7-19-17)15-18(14-16)12-6-8-20-18/h5,7,9-15H,3-4,6,8H2,1-2H3/q+3. The lowest BCUT2D eigenvalue weighted by Crippen LogP contribution is -2.54. The zero-order valence-corrected chi connectivity index (χ0v) is 16.0. The number of hydrogen-bond donors (Lipinski definition) is 7. The molecule has 3 rings (SSSR count). The molecule has 0 aromatic heterocycles. The molecule has 7 N–H and O–H groups in total. The molecule has 7 nitrogen and oxygen atoms in total. The minimum absolute atomic E-state index is 0.934. The van der Waals surface area contributed by atoms with Crippen LogP contribution < -0.4 is 34.9 Å². The summed E-state index contributed by atoms with van der Waals surface area (Å²) in [5.74, 6) is 1.16. The van der Waals surface area contributed by atoms with Gasteiger partial charge in [-0.3, -0.25) is 0 Å². The summed E-state index contributed by atoms with van der Waals surface area (Å²) in [6.45, 7) is 4.01. The van der Waals surface area contributed by atoms with Crippen molar-refractivity contribution in [3.63, 3.8) is 0 Å². The maximum atomic E-state index is 3.87. The molecule has 0 aliphatic carbocycles. The molecule has 12 heteroatoms. The normalized spacial score (nSPS) is 38.7. The van der Waals surface area contributed by atoms with E-state index in [0.717, 1.165) is 25.4 Å². The second-order valence-electron chi connectivity index (χ2n) is 4.49. The summed E-state index contributed by atoms with van der Waals surface area (Å²) < 4.78 is 0. The first-order chi connectivity index (χ1) is 9.66. The van der Waals surface area contributed by atoms with Gasteiger partial charge < -0.3 is 0 Å². The van der Waals surface area contributed by atoms with E-state index >= 15 is 0 Å². The number of hydrogen-bond acceptors (Lipinski definition) is 9. The molecule has 0 bridgehead atoms. The average molecular weight is 374 g/mol. The van der Waals surface area contributed by atoms with Crippen molar-refractivity contribution >= 4 is 44.5 Å². The van der Waals surface area contributed by atoms with Crippen LogP contribution in [0, 0.1) is 0 Å². The second-order valence-corrected chi connectivity index (χ2v) is 17.7. The SMILES string of the molecule is CCN[P+]1(NCC)N[P+]2(NC=CS2)N[P+]2(NCCS2)N1. The molecule has 0 aromatic rings. The van der Waals surface area contributed by atoms with Crippen molar-refractivity contribution in [1.29, 1.82) is 0 Å². The van der Waals surface area contributed by atoms with Gasteiger partial charge in [0.1, 0.15) is 11.4 Å². The Hall–Kier alpha value is 1.29. The van der Waals surface area contributed by atoms with E-state index < -0.39 is 21.7 Å². The molecule has 0 amide bonds. The Balaban J connectivity index is 1.89. The highest BCUT2D eigenvalue weighted by Gasteiger charge is 2.74. The van der Waals surface area contributed by atoms with E-state index in [2.05, 4.69) is 54.2 Å². The Labute approximate surface area is 130 Å². The minimum Gasteiger partial charge on any atom is -0.221 e. The lowest BCUT2D eigenvalue weighted by Gasteiger charge is -2.36. The summed E-state index contributed by atoms with van der Waals surface area (Å²) in [5, 5.41) is 16.7. The Bertz CT molecular complexity index is 370. The van der Waals surface area contributed by atoms with E-state index in [1.807, 2.05) is 29.0 Å². The molecule has 0 radical (unpaired) electrons. The lowest BCUT2D eigenvalue weighted by molar-refractivity contribution is 0.877. The summed E-state index contributed by atoms with van der Waals surface area (Å²) in [6.07, 6.45) is 2.05. The van der Waals surface area contributed by atoms with Crippen LogP contribution >= 0.6 is 44.5 Å². The van der Waals surface area contributed by atoms with Crippen molar-refractivity contribution in [2.24, 2.45) is 0 Å². The molecule has 0 saturated carbocycles. The predicted molar refractivity (Wildman–Crippen MR) is 97.8 cm³/mol. The first-order valence-electron chi connectivity index (χ1n) is 6.72. The van der Waals surface area contributed by atoms with Crippen LogP contribution in [0.2, 0.25) is 0 Å². The van der Waals surface area contributed by atoms with Crippen molar-refractivity contribution in [3.05, 3.63) is 11.6 Å². The molecule has 2 atom stereocenters. The van der Waals surface area contributed by atoms with Crippen molar-refractivity contribution in [3.8, 4) is 0 Å². The highest BCUT2D eigenvalue weighted by Crippen LogP contribution is 2.84. The highest BCUT2D eigenvalue weighted by atomic mass is 32.8. The zero-order chi connectivity index (χ0) is 14.1. The van der Waals surface area contributed by atoms with E-state index in [0.29, 0.717) is 0 Å². The van der Waals surface area contributed by atoms with E-state index in [9.17, 15) is 0 Å². The molecule has 2 fully saturated rings. The fraction of sp³-hybridized carbons (Fsp3) is 0.750. The zero-order valence-electron chi connectivity index (χ0n) is 11.6. The van der Waals surface area contributed by atoms with Gasteiger partial charge >= 0.3 is 21.7 Å². The van der Waals surface area contributed by atoms with Gasteiger partial charge in [-0.25, -0.2) is 5.09 Å². The van der Waals surface area contributed by atoms with Gasteiger partial charge in [0.05, 0.1) is 17.1 Å². The molecule has 0 aromatic carbocycles. The summed E-state index contributed by atoms with van der Waals surface area (Å²) in [4.78, 5) is 11.6. The largest absolute Gasteiger partial charge is 0.386 e. The molecule has 3 aliphatic heterocycles. The summed E-state index contributed by atoms with van der Waals surface area (Å²) in [6, 6.07) is 0. The Morgan fingerprint density at radius 1 is 1.10 bits per heavy atom. The summed E-state index contributed by atoms with van der Waals surface area (Å²) >= 11 is 3.87. The van der Waals surface area contributed by atoms with Crippen LogP contribution in [0.1, 0.15) is 13.8 Å². The lowest BCUT2D eigenvalue weighted by atomic mass is 10.8. The molecule has 2 unspecified atom stereocenters. The fourth-order valence-corrected chi connectivity index (χ4v) is 24.5. The van der Waals surface area contributed by atoms with Crippen molar-refractivity contribution < 1.29 is 0 Å².